The van der Waals surface area contributed by atoms with Crippen LogP contribution in [0, 0.1) is 23.6 Å². The van der Waals surface area contributed by atoms with Crippen molar-refractivity contribution in [3.63, 3.8) is 0 Å². The third-order valence-electron chi connectivity index (χ3n) is 9.82. The largest absolute Gasteiger partial charge is 0.396 e. The Kier molecular flexibility index (Phi) is 17.5. The fourth-order valence-corrected chi connectivity index (χ4v) is 7.10. The fourth-order valence-electron chi connectivity index (χ4n) is 7.10. The molecule has 1 aromatic rings. The molecule has 2 rings (SSSR count). The topological polar surface area (TPSA) is 20.2 Å². The van der Waals surface area contributed by atoms with Gasteiger partial charge in [0.1, 0.15) is 5.82 Å². The van der Waals surface area contributed by atoms with E-state index in [1.807, 2.05) is 6.08 Å². The number of benzene rings is 1. The average molecular weight is 571 g/mol. The van der Waals surface area contributed by atoms with E-state index in [4.69, 9.17) is 0 Å². The lowest BCUT2D eigenvalue weighted by atomic mass is 9.71. The highest BCUT2D eigenvalue weighted by atomic mass is 19.1. The summed E-state index contributed by atoms with van der Waals surface area (Å²) < 4.78 is 28.7. The second-order valence-corrected chi connectivity index (χ2v) is 12.7. The summed E-state index contributed by atoms with van der Waals surface area (Å²) in [6, 6.07) is 6.01. The van der Waals surface area contributed by atoms with Crippen molar-refractivity contribution in [2.45, 2.75) is 143 Å². The number of hydrogen-bond donors (Lipinski definition) is 1. The molecular weight excluding hydrogens is 510 g/mol. The van der Waals surface area contributed by atoms with Gasteiger partial charge in [0.2, 0.25) is 0 Å². The SMILES string of the molecule is C\C=C(/C=C\C(=C\F)CCCCC)C(C)CCC(CC)C1CCC(c2ccc(C(CCC)CCCO)cc2F)CC1. The van der Waals surface area contributed by atoms with Crippen LogP contribution in [0.15, 0.2) is 53.9 Å². The first-order valence-electron chi connectivity index (χ1n) is 17.0. The van der Waals surface area contributed by atoms with E-state index in [2.05, 4.69) is 58.9 Å². The van der Waals surface area contributed by atoms with Gasteiger partial charge < -0.3 is 5.11 Å². The molecule has 1 nitrogen and oxygen atoms in total. The number of allylic oxidation sites excluding steroid dienone is 5. The number of aliphatic hydroxyl groups excluding tert-OH is 1. The van der Waals surface area contributed by atoms with Gasteiger partial charge in [-0.25, -0.2) is 8.78 Å². The van der Waals surface area contributed by atoms with Crippen LogP contribution in [0.1, 0.15) is 154 Å². The second kappa shape index (κ2) is 20.2. The van der Waals surface area contributed by atoms with Crippen LogP contribution in [0.2, 0.25) is 0 Å². The molecule has 0 bridgehead atoms. The summed E-state index contributed by atoms with van der Waals surface area (Å²) in [4.78, 5) is 0. The molecule has 0 amide bonds. The van der Waals surface area contributed by atoms with Gasteiger partial charge in [-0.3, -0.25) is 0 Å². The molecule has 3 unspecified atom stereocenters. The Hall–Kier alpha value is -1.74. The first-order chi connectivity index (χ1) is 19.9. The van der Waals surface area contributed by atoms with Gasteiger partial charge >= 0.3 is 0 Å². The predicted octanol–water partition coefficient (Wildman–Crippen LogP) is 12.1. The zero-order valence-electron chi connectivity index (χ0n) is 26.9. The Morgan fingerprint density at radius 3 is 2.29 bits per heavy atom. The Morgan fingerprint density at radius 1 is 0.951 bits per heavy atom. The molecule has 1 aliphatic rings. The van der Waals surface area contributed by atoms with Gasteiger partial charge in [0, 0.05) is 6.61 Å². The van der Waals surface area contributed by atoms with Crippen LogP contribution in [-0.2, 0) is 0 Å². The number of unbranched alkanes of at least 4 members (excludes halogenated alkanes) is 2. The summed E-state index contributed by atoms with van der Waals surface area (Å²) in [7, 11) is 0. The molecule has 1 fully saturated rings. The van der Waals surface area contributed by atoms with E-state index >= 15 is 4.39 Å². The molecule has 41 heavy (non-hydrogen) atoms. The number of halogens is 2. The van der Waals surface area contributed by atoms with Gasteiger partial charge in [0.05, 0.1) is 6.33 Å². The van der Waals surface area contributed by atoms with E-state index in [9.17, 15) is 9.50 Å². The Morgan fingerprint density at radius 2 is 1.71 bits per heavy atom. The predicted molar refractivity (Wildman–Crippen MR) is 173 cm³/mol. The minimum absolute atomic E-state index is 0.0278. The average Bonchev–Trinajstić information content (AvgIpc) is 2.99. The van der Waals surface area contributed by atoms with Crippen LogP contribution in [0.4, 0.5) is 8.78 Å². The Bertz CT molecular complexity index is 938. The van der Waals surface area contributed by atoms with Gasteiger partial charge in [-0.05, 0) is 135 Å². The lowest BCUT2D eigenvalue weighted by Crippen LogP contribution is -2.22. The van der Waals surface area contributed by atoms with Gasteiger partial charge in [-0.15, -0.1) is 0 Å². The zero-order chi connectivity index (χ0) is 30.0. The van der Waals surface area contributed by atoms with Gasteiger partial charge in [-0.2, -0.15) is 0 Å². The van der Waals surface area contributed by atoms with Crippen LogP contribution in [0.5, 0.6) is 0 Å². The summed E-state index contributed by atoms with van der Waals surface area (Å²) in [5.74, 6) is 2.53. The van der Waals surface area contributed by atoms with Crippen LogP contribution in [-0.4, -0.2) is 11.7 Å². The molecule has 0 radical (unpaired) electrons. The summed E-state index contributed by atoms with van der Waals surface area (Å²) in [6.45, 7) is 11.3. The first-order valence-corrected chi connectivity index (χ1v) is 17.0. The molecule has 1 saturated carbocycles. The molecule has 1 aliphatic carbocycles. The summed E-state index contributed by atoms with van der Waals surface area (Å²) in [5, 5.41) is 9.26. The van der Waals surface area contributed by atoms with Crippen LogP contribution in [0.25, 0.3) is 0 Å². The van der Waals surface area contributed by atoms with Gasteiger partial charge in [0.25, 0.3) is 0 Å². The number of rotatable bonds is 19. The maximum Gasteiger partial charge on any atom is 0.126 e. The molecule has 0 aromatic heterocycles. The van der Waals surface area contributed by atoms with Crippen molar-refractivity contribution in [3.05, 3.63) is 70.8 Å². The third kappa shape index (κ3) is 11.8. The van der Waals surface area contributed by atoms with E-state index in [0.29, 0.717) is 23.7 Å². The van der Waals surface area contributed by atoms with Gasteiger partial charge in [0.15, 0.2) is 0 Å². The van der Waals surface area contributed by atoms with E-state index in [1.165, 1.54) is 31.3 Å². The maximum absolute atomic E-state index is 15.3. The molecule has 0 saturated heterocycles. The normalized spacial score (nSPS) is 20.9. The van der Waals surface area contributed by atoms with E-state index in [1.54, 1.807) is 6.07 Å². The van der Waals surface area contributed by atoms with Crippen molar-refractivity contribution < 1.29 is 13.9 Å². The lowest BCUT2D eigenvalue weighted by Gasteiger charge is -2.34. The molecule has 3 atom stereocenters. The molecule has 3 heteroatoms. The molecule has 232 valence electrons. The van der Waals surface area contributed by atoms with Crippen LogP contribution in [0.3, 0.4) is 0 Å². The van der Waals surface area contributed by atoms with Crippen LogP contribution < -0.4 is 0 Å². The van der Waals surface area contributed by atoms with Crippen molar-refractivity contribution in [2.24, 2.45) is 17.8 Å². The smallest absolute Gasteiger partial charge is 0.126 e. The quantitative estimate of drug-likeness (QED) is 0.130. The summed E-state index contributed by atoms with van der Waals surface area (Å²) in [6.07, 6.45) is 23.1. The van der Waals surface area contributed by atoms with Crippen LogP contribution >= 0.6 is 0 Å². The minimum atomic E-state index is -0.0278. The van der Waals surface area contributed by atoms with Crippen molar-refractivity contribution in [2.75, 3.05) is 6.61 Å². The minimum Gasteiger partial charge on any atom is -0.396 e. The molecular formula is C38H60F2O. The Balaban J connectivity index is 1.91. The molecule has 0 spiro atoms. The standard InChI is InChI=1S/C38H60F2O/c1-6-10-11-14-30(28-39)17-19-31(8-3)29(5)16-18-32(9-4)34-20-22-35(23-21-34)37-25-24-36(27-38(37)40)33(13-7-2)15-12-26-41/h8,17,19,24-25,27-29,32-35,41H,6-7,9-16,18,20-23,26H2,1-5H3/b19-17-,30-28+,31-8+. The van der Waals surface area contributed by atoms with Crippen molar-refractivity contribution in [3.8, 4) is 0 Å². The number of aliphatic hydroxyl groups is 1. The molecule has 0 aliphatic heterocycles. The van der Waals surface area contributed by atoms with Crippen molar-refractivity contribution in [1.29, 1.82) is 0 Å². The second-order valence-electron chi connectivity index (χ2n) is 12.7. The molecule has 1 N–H and O–H groups in total. The van der Waals surface area contributed by atoms with Gasteiger partial charge in [-0.1, -0.05) is 83.7 Å². The third-order valence-corrected chi connectivity index (χ3v) is 9.82. The highest BCUT2D eigenvalue weighted by Gasteiger charge is 2.29. The van der Waals surface area contributed by atoms with E-state index in [0.717, 1.165) is 99.6 Å². The summed E-state index contributed by atoms with van der Waals surface area (Å²) >= 11 is 0. The monoisotopic (exact) mass is 570 g/mol. The van der Waals surface area contributed by atoms with E-state index < -0.39 is 0 Å². The first kappa shape index (κ1) is 35.5. The van der Waals surface area contributed by atoms with Crippen molar-refractivity contribution >= 4 is 0 Å². The van der Waals surface area contributed by atoms with E-state index in [-0.39, 0.29) is 12.4 Å². The molecule has 0 heterocycles. The highest BCUT2D eigenvalue weighted by Crippen LogP contribution is 2.42. The summed E-state index contributed by atoms with van der Waals surface area (Å²) in [5.41, 5.74) is 4.10. The number of hydrogen-bond acceptors (Lipinski definition) is 1. The highest BCUT2D eigenvalue weighted by molar-refractivity contribution is 5.30. The lowest BCUT2D eigenvalue weighted by molar-refractivity contribution is 0.208. The zero-order valence-corrected chi connectivity index (χ0v) is 26.9. The van der Waals surface area contributed by atoms with Crippen molar-refractivity contribution in [1.82, 2.24) is 0 Å². The molecule has 1 aromatic carbocycles. The Labute approximate surface area is 251 Å². The fraction of sp³-hybridized carbons (Fsp3) is 0.684. The maximum atomic E-state index is 15.3.